The van der Waals surface area contributed by atoms with E-state index in [0.29, 0.717) is 11.2 Å². The minimum Gasteiger partial charge on any atom is -0.352 e. The molecule has 1 N–H and O–H groups in total. The second-order valence-electron chi connectivity index (χ2n) is 7.05. The van der Waals surface area contributed by atoms with Crippen molar-refractivity contribution < 1.29 is 4.79 Å². The van der Waals surface area contributed by atoms with Crippen molar-refractivity contribution in [3.63, 3.8) is 0 Å². The molecular formula is C20H23N5O2. The van der Waals surface area contributed by atoms with Crippen molar-refractivity contribution in [1.29, 1.82) is 0 Å². The first-order valence-corrected chi connectivity index (χ1v) is 9.48. The zero-order chi connectivity index (χ0) is 18.8. The Morgan fingerprint density at radius 2 is 1.96 bits per heavy atom. The molecule has 1 aromatic carbocycles. The first kappa shape index (κ1) is 17.5. The average Bonchev–Trinajstić information content (AvgIpc) is 3.34. The van der Waals surface area contributed by atoms with Gasteiger partial charge in [-0.15, -0.1) is 0 Å². The van der Waals surface area contributed by atoms with Crippen LogP contribution in [0.3, 0.4) is 0 Å². The molecule has 2 heterocycles. The van der Waals surface area contributed by atoms with Crippen LogP contribution >= 0.6 is 0 Å². The summed E-state index contributed by atoms with van der Waals surface area (Å²) in [5.41, 5.74) is 3.00. The number of hydrogen-bond donors (Lipinski definition) is 1. The molecule has 0 aliphatic heterocycles. The minimum absolute atomic E-state index is 0.0719. The molecule has 140 valence electrons. The molecule has 1 aliphatic rings. The molecule has 1 aliphatic carbocycles. The molecule has 2 aromatic heterocycles. The summed E-state index contributed by atoms with van der Waals surface area (Å²) >= 11 is 0. The number of fused-ring (bicyclic) bond motifs is 1. The van der Waals surface area contributed by atoms with Gasteiger partial charge in [-0.1, -0.05) is 44.0 Å². The number of aryl methyl sites for hydroxylation is 1. The molecule has 0 spiro atoms. The van der Waals surface area contributed by atoms with E-state index in [-0.39, 0.29) is 24.1 Å². The van der Waals surface area contributed by atoms with Crippen LogP contribution < -0.4 is 10.9 Å². The quantitative estimate of drug-likeness (QED) is 0.751. The van der Waals surface area contributed by atoms with E-state index in [2.05, 4.69) is 34.6 Å². The lowest BCUT2D eigenvalue weighted by molar-refractivity contribution is -0.122. The van der Waals surface area contributed by atoms with Crippen molar-refractivity contribution in [2.45, 2.75) is 51.6 Å². The Morgan fingerprint density at radius 3 is 2.67 bits per heavy atom. The molecule has 4 rings (SSSR count). The fraction of sp³-hybridized carbons (Fsp3) is 0.400. The largest absolute Gasteiger partial charge is 0.352 e. The molecule has 1 saturated carbocycles. The Bertz CT molecular complexity index is 1010. The smallest absolute Gasteiger partial charge is 0.293 e. The molecule has 7 heteroatoms. The maximum atomic E-state index is 12.7. The van der Waals surface area contributed by atoms with E-state index in [1.807, 2.05) is 12.1 Å². The highest BCUT2D eigenvalue weighted by atomic mass is 16.2. The van der Waals surface area contributed by atoms with Gasteiger partial charge >= 0.3 is 0 Å². The minimum atomic E-state index is -0.317. The highest BCUT2D eigenvalue weighted by Gasteiger charge is 2.18. The molecule has 3 aromatic rings. The Hall–Kier alpha value is -2.96. The van der Waals surface area contributed by atoms with Crippen LogP contribution in [0.4, 0.5) is 0 Å². The molecule has 0 bridgehead atoms. The predicted molar refractivity (Wildman–Crippen MR) is 102 cm³/mol. The van der Waals surface area contributed by atoms with E-state index in [9.17, 15) is 9.59 Å². The highest BCUT2D eigenvalue weighted by molar-refractivity contribution is 5.76. The summed E-state index contributed by atoms with van der Waals surface area (Å²) in [4.78, 5) is 24.9. The molecule has 0 unspecified atom stereocenters. The van der Waals surface area contributed by atoms with Crippen LogP contribution in [-0.4, -0.2) is 31.3 Å². The van der Waals surface area contributed by atoms with Crippen molar-refractivity contribution in [1.82, 2.24) is 24.7 Å². The molecular weight excluding hydrogens is 342 g/mol. The van der Waals surface area contributed by atoms with Gasteiger partial charge in [0.2, 0.25) is 5.91 Å². The second-order valence-corrected chi connectivity index (χ2v) is 7.05. The fourth-order valence-corrected chi connectivity index (χ4v) is 3.58. The van der Waals surface area contributed by atoms with Gasteiger partial charge in [-0.05, 0) is 30.9 Å². The first-order valence-electron chi connectivity index (χ1n) is 9.48. The van der Waals surface area contributed by atoms with E-state index in [4.69, 9.17) is 0 Å². The van der Waals surface area contributed by atoms with Crippen LogP contribution in [0.15, 0.2) is 41.5 Å². The van der Waals surface area contributed by atoms with Gasteiger partial charge in [0, 0.05) is 11.6 Å². The number of nitrogens with zero attached hydrogens (tertiary/aromatic N) is 4. The summed E-state index contributed by atoms with van der Waals surface area (Å²) < 4.78 is 2.67. The van der Waals surface area contributed by atoms with Crippen molar-refractivity contribution >= 4 is 11.4 Å². The lowest BCUT2D eigenvalue weighted by atomic mass is 10.1. The van der Waals surface area contributed by atoms with Gasteiger partial charge < -0.3 is 5.32 Å². The Balaban J connectivity index is 1.57. The van der Waals surface area contributed by atoms with E-state index >= 15 is 0 Å². The topological polar surface area (TPSA) is 81.3 Å². The number of carbonyl (C=O) groups is 1. The number of rotatable bonds is 5. The van der Waals surface area contributed by atoms with E-state index in [0.717, 1.165) is 37.7 Å². The first-order chi connectivity index (χ1) is 13.1. The van der Waals surface area contributed by atoms with Crippen LogP contribution in [0, 0.1) is 0 Å². The van der Waals surface area contributed by atoms with Gasteiger partial charge in [-0.2, -0.15) is 10.2 Å². The van der Waals surface area contributed by atoms with Crippen molar-refractivity contribution in [2.24, 2.45) is 0 Å². The van der Waals surface area contributed by atoms with E-state index in [1.165, 1.54) is 21.1 Å². The third-order valence-corrected chi connectivity index (χ3v) is 5.16. The van der Waals surface area contributed by atoms with Gasteiger partial charge in [0.1, 0.15) is 18.4 Å². The van der Waals surface area contributed by atoms with E-state index < -0.39 is 0 Å². The number of carbonyl (C=O) groups excluding carboxylic acids is 1. The number of hydrogen-bond acceptors (Lipinski definition) is 4. The van der Waals surface area contributed by atoms with Crippen molar-refractivity contribution in [2.75, 3.05) is 0 Å². The lowest BCUT2D eigenvalue weighted by Gasteiger charge is -2.12. The SMILES string of the molecule is CCc1ccc(-c2cc3c(=O)n(CC(=O)NC4CCCC4)ncn3n2)cc1. The van der Waals surface area contributed by atoms with Crippen molar-refractivity contribution in [3.05, 3.63) is 52.6 Å². The molecule has 1 fully saturated rings. The maximum Gasteiger partial charge on any atom is 0.293 e. The van der Waals surface area contributed by atoms with Crippen LogP contribution in [0.1, 0.15) is 38.2 Å². The van der Waals surface area contributed by atoms with E-state index in [1.54, 1.807) is 6.07 Å². The van der Waals surface area contributed by atoms with Gasteiger partial charge in [0.15, 0.2) is 0 Å². The highest BCUT2D eigenvalue weighted by Crippen LogP contribution is 2.19. The lowest BCUT2D eigenvalue weighted by Crippen LogP contribution is -2.38. The molecule has 0 atom stereocenters. The molecule has 27 heavy (non-hydrogen) atoms. The molecule has 1 amide bonds. The summed E-state index contributed by atoms with van der Waals surface area (Å²) in [5.74, 6) is -0.171. The number of aromatic nitrogens is 4. The van der Waals surface area contributed by atoms with Crippen LogP contribution in [0.5, 0.6) is 0 Å². The summed E-state index contributed by atoms with van der Waals surface area (Å²) in [6, 6.07) is 10.1. The van der Waals surface area contributed by atoms with Crippen molar-refractivity contribution in [3.8, 4) is 11.3 Å². The summed E-state index contributed by atoms with van der Waals surface area (Å²) in [5, 5.41) is 11.5. The fourth-order valence-electron chi connectivity index (χ4n) is 3.58. The van der Waals surface area contributed by atoms with Gasteiger partial charge in [-0.3, -0.25) is 9.59 Å². The standard InChI is InChI=1S/C20H23N5O2/c1-2-14-7-9-15(10-8-14)17-11-18-20(27)24(21-13-25(18)23-17)12-19(26)22-16-5-3-4-6-16/h7-11,13,16H,2-6,12H2,1H3,(H,22,26). The zero-order valence-corrected chi connectivity index (χ0v) is 15.4. The van der Waals surface area contributed by atoms with Crippen LogP contribution in [0.2, 0.25) is 0 Å². The molecule has 0 radical (unpaired) electrons. The Labute approximate surface area is 157 Å². The number of benzene rings is 1. The number of amides is 1. The Kier molecular flexibility index (Phi) is 4.75. The summed E-state index contributed by atoms with van der Waals surface area (Å²) in [6.45, 7) is 2.04. The summed E-state index contributed by atoms with van der Waals surface area (Å²) in [6.07, 6.45) is 6.76. The number of nitrogens with one attached hydrogen (secondary N) is 1. The maximum absolute atomic E-state index is 12.7. The normalized spacial score (nSPS) is 14.7. The zero-order valence-electron chi connectivity index (χ0n) is 15.4. The van der Waals surface area contributed by atoms with Gasteiger partial charge in [-0.25, -0.2) is 9.20 Å². The third-order valence-electron chi connectivity index (χ3n) is 5.16. The molecule has 7 nitrogen and oxygen atoms in total. The average molecular weight is 365 g/mol. The third kappa shape index (κ3) is 3.63. The predicted octanol–water partition coefficient (Wildman–Crippen LogP) is 2.18. The van der Waals surface area contributed by atoms with Gasteiger partial charge in [0.25, 0.3) is 5.56 Å². The molecule has 0 saturated heterocycles. The Morgan fingerprint density at radius 1 is 1.22 bits per heavy atom. The van der Waals surface area contributed by atoms with Crippen LogP contribution in [0.25, 0.3) is 16.8 Å². The van der Waals surface area contributed by atoms with Crippen LogP contribution in [-0.2, 0) is 17.8 Å². The van der Waals surface area contributed by atoms with Gasteiger partial charge in [0.05, 0.1) is 5.69 Å². The second kappa shape index (κ2) is 7.34. The summed E-state index contributed by atoms with van der Waals surface area (Å²) in [7, 11) is 0. The monoisotopic (exact) mass is 365 g/mol.